The lowest BCUT2D eigenvalue weighted by atomic mass is 9.93. The van der Waals surface area contributed by atoms with Gasteiger partial charge in [0, 0.05) is 93.7 Å². The van der Waals surface area contributed by atoms with E-state index in [0.717, 1.165) is 144 Å². The van der Waals surface area contributed by atoms with Crippen molar-refractivity contribution in [2.75, 3.05) is 0 Å². The minimum absolute atomic E-state index is 0.585. The number of fused-ring (bicyclic) bond motifs is 13. The summed E-state index contributed by atoms with van der Waals surface area (Å²) >= 11 is 0. The molecule has 0 amide bonds. The number of hydrogen-bond acceptors (Lipinski definition) is 4. The molecule has 6 aromatic heterocycles. The third kappa shape index (κ3) is 10.3. The Labute approximate surface area is 633 Å². The fourth-order valence-electron chi connectivity index (χ4n) is 17.1. The normalized spacial score (nSPS) is 11.8. The topological polar surface area (TPSA) is 71.3 Å². The van der Waals surface area contributed by atoms with E-state index in [4.69, 9.17) is 19.9 Å². The van der Waals surface area contributed by atoms with E-state index in [1.807, 2.05) is 18.2 Å². The standard InChI is InChI=1S/C102H64N8/c1-6-27-65(28-7-1)78-42-16-17-43-79(78)73-59-90(66-29-8-2-9-30-66)103-91(60-73)71-34-24-40-76(56-71)110-95-54-52-69(58-85(95)89-62-88-82-45-19-22-49-93(82)108(97(88)64-99(89)110)75-38-14-5-15-39-75)68-51-53-80-70(55-68)33-26-47-84(80)102-105-100(67-31-10-3-11-32-67)104-101(106-102)72-35-25-41-77(57-72)109-94-50-23-20-46-83(94)87-61-86-81-44-18-21-48-92(81)107(96(86)63-98(87)109)74-36-12-4-13-37-74/h1-64H. The number of para-hydroxylation sites is 5. The first kappa shape index (κ1) is 62.5. The minimum Gasteiger partial charge on any atom is -0.309 e. The van der Waals surface area contributed by atoms with Gasteiger partial charge in [0.05, 0.1) is 55.5 Å². The van der Waals surface area contributed by atoms with Crippen molar-refractivity contribution in [2.24, 2.45) is 0 Å². The third-order valence-electron chi connectivity index (χ3n) is 22.2. The van der Waals surface area contributed by atoms with Crippen LogP contribution in [0.2, 0.25) is 0 Å². The third-order valence-corrected chi connectivity index (χ3v) is 22.2. The SMILES string of the molecule is c1ccc(-c2cc(-c3ccccc3-c3ccccc3)cc(-c3cccc(-n4c5ccc(-c6ccc7c(-c8nc(-c9ccccc9)nc(-c9cccc(-n%10c%11ccccc%11c%11cc%12c%13ccccc%13n(-c%13ccccc%13)c%12cc%11%10)c9)n8)cccc7c6)cc5c5cc6c7ccccc7n(-c7ccccc7)c6cc54)c3)n2)cc1. The Morgan fingerprint density at radius 2 is 0.527 bits per heavy atom. The van der Waals surface area contributed by atoms with E-state index in [9.17, 15) is 0 Å². The van der Waals surface area contributed by atoms with E-state index in [2.05, 4.69) is 388 Å². The van der Waals surface area contributed by atoms with Gasteiger partial charge in [0.15, 0.2) is 17.5 Å². The number of pyridine rings is 1. The number of nitrogens with zero attached hydrogens (tertiary/aromatic N) is 8. The molecule has 0 aliphatic rings. The predicted molar refractivity (Wildman–Crippen MR) is 456 cm³/mol. The monoisotopic (exact) mass is 1400 g/mol. The molecule has 0 radical (unpaired) electrons. The molecule has 6 heterocycles. The summed E-state index contributed by atoms with van der Waals surface area (Å²) < 4.78 is 9.67. The van der Waals surface area contributed by atoms with Gasteiger partial charge in [-0.2, -0.15) is 0 Å². The van der Waals surface area contributed by atoms with Crippen LogP contribution in [0.3, 0.4) is 0 Å². The Hall–Kier alpha value is -14.9. The molecule has 0 atom stereocenters. The summed E-state index contributed by atoms with van der Waals surface area (Å²) in [4.78, 5) is 21.6. The number of aromatic nitrogens is 8. The van der Waals surface area contributed by atoms with Gasteiger partial charge < -0.3 is 18.3 Å². The highest BCUT2D eigenvalue weighted by Crippen LogP contribution is 2.45. The van der Waals surface area contributed by atoms with Gasteiger partial charge in [0.2, 0.25) is 0 Å². The highest BCUT2D eigenvalue weighted by Gasteiger charge is 2.24. The van der Waals surface area contributed by atoms with Crippen LogP contribution in [0.4, 0.5) is 0 Å². The molecule has 0 unspecified atom stereocenters. The number of rotatable bonds is 12. The molecule has 0 saturated carbocycles. The van der Waals surface area contributed by atoms with Crippen LogP contribution in [-0.4, -0.2) is 38.2 Å². The molecule has 22 rings (SSSR count). The maximum Gasteiger partial charge on any atom is 0.164 e. The largest absolute Gasteiger partial charge is 0.309 e. The van der Waals surface area contributed by atoms with Crippen LogP contribution in [0.15, 0.2) is 388 Å². The lowest BCUT2D eigenvalue weighted by Crippen LogP contribution is -2.01. The Kier molecular flexibility index (Phi) is 14.5. The van der Waals surface area contributed by atoms with Gasteiger partial charge in [0.25, 0.3) is 0 Å². The van der Waals surface area contributed by atoms with E-state index >= 15 is 0 Å². The van der Waals surface area contributed by atoms with Crippen LogP contribution in [0, 0.1) is 0 Å². The van der Waals surface area contributed by atoms with Gasteiger partial charge >= 0.3 is 0 Å². The predicted octanol–water partition coefficient (Wildman–Crippen LogP) is 26.1. The number of hydrogen-bond donors (Lipinski definition) is 0. The molecule has 0 bridgehead atoms. The Morgan fingerprint density at radius 3 is 1.10 bits per heavy atom. The van der Waals surface area contributed by atoms with Crippen molar-refractivity contribution < 1.29 is 0 Å². The van der Waals surface area contributed by atoms with Crippen molar-refractivity contribution in [3.63, 3.8) is 0 Å². The maximum absolute atomic E-state index is 5.50. The van der Waals surface area contributed by atoms with Crippen molar-refractivity contribution >= 4 is 98.0 Å². The second-order valence-corrected chi connectivity index (χ2v) is 28.5. The van der Waals surface area contributed by atoms with Crippen LogP contribution in [-0.2, 0) is 0 Å². The summed E-state index contributed by atoms with van der Waals surface area (Å²) in [6.45, 7) is 0. The molecular weight excluding hydrogens is 1340 g/mol. The molecule has 0 N–H and O–H groups in total. The smallest absolute Gasteiger partial charge is 0.164 e. The molecule has 512 valence electrons. The first-order valence-corrected chi connectivity index (χ1v) is 37.4. The van der Waals surface area contributed by atoms with Crippen molar-refractivity contribution in [1.82, 2.24) is 38.2 Å². The fourth-order valence-corrected chi connectivity index (χ4v) is 17.1. The molecule has 22 aromatic rings. The molecule has 0 aliphatic carbocycles. The summed E-state index contributed by atoms with van der Waals surface area (Å²) in [6.07, 6.45) is 0. The fraction of sp³-hybridized carbons (Fsp3) is 0. The molecule has 110 heavy (non-hydrogen) atoms. The summed E-state index contributed by atoms with van der Waals surface area (Å²) in [5.74, 6) is 1.78. The highest BCUT2D eigenvalue weighted by atomic mass is 15.0. The second-order valence-electron chi connectivity index (χ2n) is 28.5. The van der Waals surface area contributed by atoms with Crippen LogP contribution in [0.5, 0.6) is 0 Å². The molecule has 0 saturated heterocycles. The Balaban J connectivity index is 0.681. The van der Waals surface area contributed by atoms with E-state index in [-0.39, 0.29) is 0 Å². The van der Waals surface area contributed by atoms with Crippen LogP contribution in [0.25, 0.3) is 211 Å². The zero-order valence-corrected chi connectivity index (χ0v) is 59.5. The zero-order valence-electron chi connectivity index (χ0n) is 59.5. The van der Waals surface area contributed by atoms with Gasteiger partial charge in [0.1, 0.15) is 0 Å². The molecule has 16 aromatic carbocycles. The molecule has 0 spiro atoms. The van der Waals surface area contributed by atoms with Gasteiger partial charge in [-0.1, -0.05) is 267 Å². The lowest BCUT2D eigenvalue weighted by molar-refractivity contribution is 1.07. The van der Waals surface area contributed by atoms with Crippen molar-refractivity contribution in [2.45, 2.75) is 0 Å². The quantitative estimate of drug-likeness (QED) is 0.122. The van der Waals surface area contributed by atoms with Crippen LogP contribution >= 0.6 is 0 Å². The van der Waals surface area contributed by atoms with Crippen LogP contribution < -0.4 is 0 Å². The molecular formula is C102H64N8. The minimum atomic E-state index is 0.585. The zero-order chi connectivity index (χ0) is 72.3. The van der Waals surface area contributed by atoms with E-state index in [0.29, 0.717) is 17.5 Å². The first-order valence-electron chi connectivity index (χ1n) is 37.4. The average molecular weight is 1400 g/mol. The molecule has 8 heteroatoms. The van der Waals surface area contributed by atoms with E-state index < -0.39 is 0 Å². The summed E-state index contributed by atoms with van der Waals surface area (Å²) in [6, 6.07) is 140. The Bertz CT molecular complexity index is 7440. The van der Waals surface area contributed by atoms with Crippen molar-refractivity contribution in [3.8, 4) is 113 Å². The average Bonchev–Trinajstić information content (AvgIpc) is 1.56. The lowest BCUT2D eigenvalue weighted by Gasteiger charge is -2.15. The summed E-state index contributed by atoms with van der Waals surface area (Å²) in [7, 11) is 0. The maximum atomic E-state index is 5.50. The van der Waals surface area contributed by atoms with Crippen molar-refractivity contribution in [3.05, 3.63) is 388 Å². The highest BCUT2D eigenvalue weighted by molar-refractivity contribution is 6.21. The van der Waals surface area contributed by atoms with E-state index in [1.165, 1.54) is 49.0 Å². The number of benzene rings is 16. The first-order chi connectivity index (χ1) is 54.5. The molecule has 0 aliphatic heterocycles. The van der Waals surface area contributed by atoms with Gasteiger partial charge in [-0.15, -0.1) is 0 Å². The van der Waals surface area contributed by atoms with Crippen LogP contribution in [0.1, 0.15) is 0 Å². The van der Waals surface area contributed by atoms with Gasteiger partial charge in [-0.05, 0) is 165 Å². The van der Waals surface area contributed by atoms with E-state index in [1.54, 1.807) is 0 Å². The molecule has 8 nitrogen and oxygen atoms in total. The summed E-state index contributed by atoms with van der Waals surface area (Å²) in [5.41, 5.74) is 26.7. The van der Waals surface area contributed by atoms with Crippen molar-refractivity contribution in [1.29, 1.82) is 0 Å². The summed E-state index contributed by atoms with van der Waals surface area (Å²) in [5, 5.41) is 11.6. The molecule has 0 fully saturated rings. The second kappa shape index (κ2) is 25.4. The Morgan fingerprint density at radius 1 is 0.155 bits per heavy atom. The van der Waals surface area contributed by atoms with Gasteiger partial charge in [-0.3, -0.25) is 0 Å². The van der Waals surface area contributed by atoms with Gasteiger partial charge in [-0.25, -0.2) is 19.9 Å².